The molecule has 0 aliphatic carbocycles. The van der Waals surface area contributed by atoms with Crippen LogP contribution in [0.15, 0.2) is 58.7 Å². The first-order valence-corrected chi connectivity index (χ1v) is 12.8. The number of fused-ring (bicyclic) bond motifs is 1. The third-order valence-electron chi connectivity index (χ3n) is 5.43. The summed E-state index contributed by atoms with van der Waals surface area (Å²) in [5, 5.41) is 8.38. The van der Waals surface area contributed by atoms with Gasteiger partial charge < -0.3 is 15.0 Å². The lowest BCUT2D eigenvalue weighted by Crippen LogP contribution is -2.35. The zero-order valence-electron chi connectivity index (χ0n) is 18.4. The highest BCUT2D eigenvalue weighted by Crippen LogP contribution is 2.25. The van der Waals surface area contributed by atoms with E-state index in [1.165, 1.54) is 0 Å². The van der Waals surface area contributed by atoms with Crippen molar-refractivity contribution in [2.75, 3.05) is 25.0 Å². The van der Waals surface area contributed by atoms with Crippen LogP contribution >= 0.6 is 12.2 Å². The molecule has 0 saturated carbocycles. The molecule has 3 aromatic rings. The Bertz CT molecular complexity index is 1250. The Morgan fingerprint density at radius 2 is 1.94 bits per heavy atom. The number of hydrogen-bond acceptors (Lipinski definition) is 5. The van der Waals surface area contributed by atoms with E-state index in [1.807, 2.05) is 31.2 Å². The number of aromatic nitrogens is 1. The summed E-state index contributed by atoms with van der Waals surface area (Å²) < 4.78 is 33.1. The highest BCUT2D eigenvalue weighted by Gasteiger charge is 2.26. The average molecular weight is 486 g/mol. The molecule has 0 spiro atoms. The van der Waals surface area contributed by atoms with Crippen molar-refractivity contribution in [3.05, 3.63) is 54.2 Å². The van der Waals surface area contributed by atoms with Crippen molar-refractivity contribution in [3.8, 4) is 5.75 Å². The first-order valence-electron chi connectivity index (χ1n) is 10.9. The van der Waals surface area contributed by atoms with Crippen molar-refractivity contribution in [3.63, 3.8) is 0 Å². The third-order valence-corrected chi connectivity index (χ3v) is 7.52. The Hall–Kier alpha value is -2.95. The van der Waals surface area contributed by atoms with Gasteiger partial charge in [0.2, 0.25) is 10.0 Å². The van der Waals surface area contributed by atoms with Gasteiger partial charge in [0.05, 0.1) is 17.7 Å². The van der Waals surface area contributed by atoms with Crippen molar-refractivity contribution in [1.29, 1.82) is 0 Å². The van der Waals surface area contributed by atoms with E-state index in [9.17, 15) is 8.42 Å². The predicted molar refractivity (Wildman–Crippen MR) is 135 cm³/mol. The normalized spacial score (nSPS) is 15.1. The van der Waals surface area contributed by atoms with Crippen LogP contribution in [0.1, 0.15) is 31.7 Å². The number of piperidine rings is 1. The minimum atomic E-state index is -3.50. The minimum Gasteiger partial charge on any atom is -0.494 e. The fraction of sp³-hybridized carbons (Fsp3) is 0.304. The molecule has 0 atom stereocenters. The number of thiocarbonyl (C=S) groups is 1. The lowest BCUT2D eigenvalue weighted by Gasteiger charge is -2.25. The Morgan fingerprint density at radius 1 is 1.18 bits per heavy atom. The van der Waals surface area contributed by atoms with Crippen molar-refractivity contribution in [2.45, 2.75) is 31.1 Å². The molecule has 1 aliphatic rings. The molecule has 174 valence electrons. The van der Waals surface area contributed by atoms with Gasteiger partial charge in [-0.25, -0.2) is 8.42 Å². The quantitative estimate of drug-likeness (QED) is 0.265. The second-order valence-electron chi connectivity index (χ2n) is 7.70. The van der Waals surface area contributed by atoms with E-state index in [0.717, 1.165) is 47.2 Å². The van der Waals surface area contributed by atoms with Gasteiger partial charge in [-0.2, -0.15) is 9.41 Å². The molecule has 1 fully saturated rings. The van der Waals surface area contributed by atoms with Crippen molar-refractivity contribution in [2.24, 2.45) is 5.10 Å². The topological polar surface area (TPSA) is 98.8 Å². The van der Waals surface area contributed by atoms with Gasteiger partial charge in [-0.05, 0) is 74.4 Å². The Balaban J connectivity index is 1.43. The summed E-state index contributed by atoms with van der Waals surface area (Å²) in [5.74, 6) is 0.793. The van der Waals surface area contributed by atoms with Crippen molar-refractivity contribution in [1.82, 2.24) is 14.7 Å². The number of H-pyrrole nitrogens is 1. The van der Waals surface area contributed by atoms with E-state index in [2.05, 4.69) is 20.8 Å². The smallest absolute Gasteiger partial charge is 0.243 e. The number of benzene rings is 2. The van der Waals surface area contributed by atoms with E-state index in [0.29, 0.717) is 29.7 Å². The largest absolute Gasteiger partial charge is 0.494 e. The van der Waals surface area contributed by atoms with E-state index in [-0.39, 0.29) is 0 Å². The van der Waals surface area contributed by atoms with Crippen LogP contribution in [0, 0.1) is 0 Å². The third kappa shape index (κ3) is 5.52. The van der Waals surface area contributed by atoms with Gasteiger partial charge in [-0.3, -0.25) is 5.43 Å². The molecular formula is C23H27N5O3S2. The molecule has 8 nitrogen and oxygen atoms in total. The molecule has 33 heavy (non-hydrogen) atoms. The van der Waals surface area contributed by atoms with Crippen LogP contribution in [0.2, 0.25) is 0 Å². The predicted octanol–water partition coefficient (Wildman–Crippen LogP) is 4.06. The molecule has 3 N–H and O–H groups in total. The number of anilines is 1. The van der Waals surface area contributed by atoms with Crippen molar-refractivity contribution < 1.29 is 13.2 Å². The number of nitrogens with one attached hydrogen (secondary N) is 3. The molecular weight excluding hydrogens is 458 g/mol. The number of sulfonamides is 1. The SMILES string of the molecule is CCOc1ccc(NC(=S)N/N=C/c2c[nH]c3ccc(S(=O)(=O)N4CCCCC4)cc23)cc1. The van der Waals surface area contributed by atoms with Gasteiger partial charge in [-0.1, -0.05) is 6.42 Å². The molecule has 0 radical (unpaired) electrons. The summed E-state index contributed by atoms with van der Waals surface area (Å²) >= 11 is 5.29. The summed E-state index contributed by atoms with van der Waals surface area (Å²) in [7, 11) is -3.50. The van der Waals surface area contributed by atoms with Crippen LogP contribution in [0.5, 0.6) is 5.75 Å². The number of ether oxygens (including phenoxy) is 1. The molecule has 0 unspecified atom stereocenters. The van der Waals surface area contributed by atoms with Crippen LogP contribution in [0.25, 0.3) is 10.9 Å². The number of hydrogen-bond donors (Lipinski definition) is 3. The van der Waals surface area contributed by atoms with Crippen LogP contribution in [-0.4, -0.2) is 48.7 Å². The number of hydrazone groups is 1. The highest BCUT2D eigenvalue weighted by atomic mass is 32.2. The van der Waals surface area contributed by atoms with Gasteiger partial charge >= 0.3 is 0 Å². The maximum atomic E-state index is 13.0. The number of rotatable bonds is 7. The number of aromatic amines is 1. The zero-order valence-corrected chi connectivity index (χ0v) is 20.0. The zero-order chi connectivity index (χ0) is 23.3. The average Bonchev–Trinajstić information content (AvgIpc) is 3.23. The lowest BCUT2D eigenvalue weighted by molar-refractivity contribution is 0.340. The van der Waals surface area contributed by atoms with Gasteiger partial charge in [0.15, 0.2) is 5.11 Å². The molecule has 2 heterocycles. The summed E-state index contributed by atoms with van der Waals surface area (Å²) in [6.45, 7) is 3.70. The number of nitrogens with zero attached hydrogens (tertiary/aromatic N) is 2. The Morgan fingerprint density at radius 3 is 2.67 bits per heavy atom. The minimum absolute atomic E-state index is 0.298. The second kappa shape index (κ2) is 10.3. The molecule has 2 aromatic carbocycles. The van der Waals surface area contributed by atoms with Gasteiger partial charge in [0.1, 0.15) is 5.75 Å². The molecule has 0 amide bonds. The van der Waals surface area contributed by atoms with Crippen LogP contribution in [0.3, 0.4) is 0 Å². The summed E-state index contributed by atoms with van der Waals surface area (Å²) in [5.41, 5.74) is 5.20. The van der Waals surface area contributed by atoms with Gasteiger partial charge in [-0.15, -0.1) is 0 Å². The van der Waals surface area contributed by atoms with E-state index in [1.54, 1.807) is 34.9 Å². The lowest BCUT2D eigenvalue weighted by atomic mass is 10.2. The molecule has 10 heteroatoms. The van der Waals surface area contributed by atoms with E-state index in [4.69, 9.17) is 17.0 Å². The Kier molecular flexibility index (Phi) is 7.26. The maximum Gasteiger partial charge on any atom is 0.243 e. The van der Waals surface area contributed by atoms with Gasteiger partial charge in [0, 0.05) is 41.4 Å². The van der Waals surface area contributed by atoms with Crippen LogP contribution in [-0.2, 0) is 10.0 Å². The maximum absolute atomic E-state index is 13.0. The highest BCUT2D eigenvalue weighted by molar-refractivity contribution is 7.89. The summed E-state index contributed by atoms with van der Waals surface area (Å²) in [6, 6.07) is 12.6. The molecule has 4 rings (SSSR count). The standard InChI is InChI=1S/C23H27N5O3S2/c1-2-31-19-8-6-18(7-9-19)26-23(32)27-25-16-17-15-24-22-11-10-20(14-21(17)22)33(29,30)28-12-4-3-5-13-28/h6-11,14-16,24H,2-5,12-13H2,1H3,(H2,26,27,32)/b25-16+. The second-order valence-corrected chi connectivity index (χ2v) is 10.0. The molecule has 0 bridgehead atoms. The van der Waals surface area contributed by atoms with Crippen molar-refractivity contribution >= 4 is 50.2 Å². The van der Waals surface area contributed by atoms with Crippen LogP contribution in [0.4, 0.5) is 5.69 Å². The molecule has 1 aliphatic heterocycles. The first-order chi connectivity index (χ1) is 16.0. The fourth-order valence-corrected chi connectivity index (χ4v) is 5.48. The van der Waals surface area contributed by atoms with E-state index >= 15 is 0 Å². The Labute approximate surface area is 199 Å². The molecule has 1 saturated heterocycles. The van der Waals surface area contributed by atoms with E-state index < -0.39 is 10.0 Å². The monoisotopic (exact) mass is 485 g/mol. The van der Waals surface area contributed by atoms with Gasteiger partial charge in [0.25, 0.3) is 0 Å². The fourth-order valence-electron chi connectivity index (χ4n) is 3.76. The molecule has 1 aromatic heterocycles. The summed E-state index contributed by atoms with van der Waals surface area (Å²) in [6.07, 6.45) is 6.28. The van der Waals surface area contributed by atoms with Crippen LogP contribution < -0.4 is 15.5 Å². The first kappa shape index (κ1) is 23.2. The summed E-state index contributed by atoms with van der Waals surface area (Å²) in [4.78, 5) is 3.45.